The van der Waals surface area contributed by atoms with E-state index in [1.54, 1.807) is 13.2 Å². The van der Waals surface area contributed by atoms with E-state index in [-0.39, 0.29) is 6.04 Å². The van der Waals surface area contributed by atoms with E-state index in [0.29, 0.717) is 6.61 Å². The summed E-state index contributed by atoms with van der Waals surface area (Å²) in [4.78, 5) is 12.7. The van der Waals surface area contributed by atoms with Crippen molar-refractivity contribution in [1.29, 1.82) is 0 Å². The Morgan fingerprint density at radius 2 is 2.26 bits per heavy atom. The summed E-state index contributed by atoms with van der Waals surface area (Å²) >= 11 is 3.43. The van der Waals surface area contributed by atoms with Gasteiger partial charge in [-0.25, -0.2) is 4.79 Å². The first kappa shape index (κ1) is 15.7. The molecule has 104 valence electrons. The van der Waals surface area contributed by atoms with Crippen LogP contribution in [0, 0.1) is 0 Å². The highest BCUT2D eigenvalue weighted by Gasteiger charge is 2.13. The SMILES string of the molecule is COCC(C)N(C)c1cc(Br)ccc1/C=C/C(=O)O. The summed E-state index contributed by atoms with van der Waals surface area (Å²) in [5, 5.41) is 8.72. The first-order valence-corrected chi connectivity index (χ1v) is 6.67. The minimum atomic E-state index is -0.957. The fourth-order valence-corrected chi connectivity index (χ4v) is 2.06. The molecule has 4 nitrogen and oxygen atoms in total. The maximum atomic E-state index is 10.6. The third-order valence-corrected chi connectivity index (χ3v) is 3.34. The van der Waals surface area contributed by atoms with E-state index in [1.807, 2.05) is 25.2 Å². The Bertz CT molecular complexity index is 474. The number of anilines is 1. The second kappa shape index (κ2) is 7.31. The van der Waals surface area contributed by atoms with Crippen LogP contribution in [0.1, 0.15) is 12.5 Å². The van der Waals surface area contributed by atoms with Gasteiger partial charge in [0.2, 0.25) is 0 Å². The fraction of sp³-hybridized carbons (Fsp3) is 0.357. The van der Waals surface area contributed by atoms with Gasteiger partial charge in [0.05, 0.1) is 6.61 Å². The minimum absolute atomic E-state index is 0.191. The number of likely N-dealkylation sites (N-methyl/N-ethyl adjacent to an activating group) is 1. The summed E-state index contributed by atoms with van der Waals surface area (Å²) in [6, 6.07) is 5.93. The predicted octanol–water partition coefficient (Wildman–Crippen LogP) is 3.02. The fourth-order valence-electron chi connectivity index (χ4n) is 1.71. The quantitative estimate of drug-likeness (QED) is 0.816. The van der Waals surface area contributed by atoms with Gasteiger partial charge >= 0.3 is 5.97 Å². The van der Waals surface area contributed by atoms with Gasteiger partial charge in [0.1, 0.15) is 0 Å². The normalized spacial score (nSPS) is 12.6. The molecule has 0 radical (unpaired) electrons. The molecule has 1 N–H and O–H groups in total. The van der Waals surface area contributed by atoms with Gasteiger partial charge < -0.3 is 14.7 Å². The van der Waals surface area contributed by atoms with Gasteiger partial charge in [-0.15, -0.1) is 0 Å². The predicted molar refractivity (Wildman–Crippen MR) is 80.6 cm³/mol. The molecule has 0 bridgehead atoms. The number of hydrogen-bond donors (Lipinski definition) is 1. The van der Waals surface area contributed by atoms with E-state index in [9.17, 15) is 4.79 Å². The molecular formula is C14H18BrNO3. The molecule has 1 aromatic rings. The number of methoxy groups -OCH3 is 1. The van der Waals surface area contributed by atoms with Crippen molar-refractivity contribution in [3.63, 3.8) is 0 Å². The van der Waals surface area contributed by atoms with Gasteiger partial charge in [-0.05, 0) is 30.7 Å². The van der Waals surface area contributed by atoms with Crippen LogP contribution in [0.2, 0.25) is 0 Å². The molecule has 5 heteroatoms. The second-order valence-corrected chi connectivity index (χ2v) is 5.21. The smallest absolute Gasteiger partial charge is 0.328 e. The van der Waals surface area contributed by atoms with E-state index in [0.717, 1.165) is 21.8 Å². The van der Waals surface area contributed by atoms with Crippen LogP contribution in [0.4, 0.5) is 5.69 Å². The van der Waals surface area contributed by atoms with Gasteiger partial charge in [0.15, 0.2) is 0 Å². The summed E-state index contributed by atoms with van der Waals surface area (Å²) in [5.41, 5.74) is 1.81. The zero-order valence-electron chi connectivity index (χ0n) is 11.3. The lowest BCUT2D eigenvalue weighted by atomic mass is 10.1. The lowest BCUT2D eigenvalue weighted by Gasteiger charge is -2.28. The molecule has 1 aromatic carbocycles. The molecule has 1 atom stereocenters. The van der Waals surface area contributed by atoms with Crippen molar-refractivity contribution in [2.45, 2.75) is 13.0 Å². The molecule has 0 aliphatic heterocycles. The largest absolute Gasteiger partial charge is 0.478 e. The average molecular weight is 328 g/mol. The van der Waals surface area contributed by atoms with Gasteiger partial charge in [0, 0.05) is 36.4 Å². The summed E-state index contributed by atoms with van der Waals surface area (Å²) in [5.74, 6) is -0.957. The number of aliphatic carboxylic acids is 1. The van der Waals surface area contributed by atoms with Crippen LogP contribution in [0.25, 0.3) is 6.08 Å². The third kappa shape index (κ3) is 4.69. The number of rotatable bonds is 6. The van der Waals surface area contributed by atoms with E-state index in [1.165, 1.54) is 0 Å². The molecule has 0 spiro atoms. The molecular weight excluding hydrogens is 310 g/mol. The molecule has 0 saturated heterocycles. The Morgan fingerprint density at radius 3 is 2.84 bits per heavy atom. The molecule has 0 saturated carbocycles. The Labute approximate surface area is 121 Å². The van der Waals surface area contributed by atoms with Crippen molar-refractivity contribution in [1.82, 2.24) is 0 Å². The van der Waals surface area contributed by atoms with E-state index >= 15 is 0 Å². The Morgan fingerprint density at radius 1 is 1.58 bits per heavy atom. The average Bonchev–Trinajstić information content (AvgIpc) is 2.36. The number of carboxylic acid groups (broad SMARTS) is 1. The van der Waals surface area contributed by atoms with Gasteiger partial charge in [-0.1, -0.05) is 22.0 Å². The molecule has 1 unspecified atom stereocenters. The van der Waals surface area contributed by atoms with Crippen LogP contribution < -0.4 is 4.90 Å². The highest BCUT2D eigenvalue weighted by Crippen LogP contribution is 2.27. The number of halogens is 1. The van der Waals surface area contributed by atoms with Crippen LogP contribution in [-0.2, 0) is 9.53 Å². The first-order valence-electron chi connectivity index (χ1n) is 5.88. The number of benzene rings is 1. The van der Waals surface area contributed by atoms with E-state index in [4.69, 9.17) is 9.84 Å². The van der Waals surface area contributed by atoms with Gasteiger partial charge in [-0.3, -0.25) is 0 Å². The minimum Gasteiger partial charge on any atom is -0.478 e. The highest BCUT2D eigenvalue weighted by molar-refractivity contribution is 9.10. The monoisotopic (exact) mass is 327 g/mol. The zero-order valence-corrected chi connectivity index (χ0v) is 12.8. The summed E-state index contributed by atoms with van der Waals surface area (Å²) < 4.78 is 6.10. The van der Waals surface area contributed by atoms with Crippen molar-refractivity contribution in [3.05, 3.63) is 34.3 Å². The van der Waals surface area contributed by atoms with Gasteiger partial charge in [-0.2, -0.15) is 0 Å². The number of carboxylic acids is 1. The molecule has 0 heterocycles. The van der Waals surface area contributed by atoms with Crippen molar-refractivity contribution in [3.8, 4) is 0 Å². The van der Waals surface area contributed by atoms with Crippen LogP contribution in [0.3, 0.4) is 0 Å². The number of carbonyl (C=O) groups is 1. The maximum Gasteiger partial charge on any atom is 0.328 e. The highest BCUT2D eigenvalue weighted by atomic mass is 79.9. The Balaban J connectivity index is 3.09. The van der Waals surface area contributed by atoms with Crippen LogP contribution in [0.5, 0.6) is 0 Å². The zero-order chi connectivity index (χ0) is 14.4. The molecule has 0 fully saturated rings. The lowest BCUT2D eigenvalue weighted by molar-refractivity contribution is -0.131. The molecule has 0 amide bonds. The van der Waals surface area contributed by atoms with E-state index < -0.39 is 5.97 Å². The third-order valence-electron chi connectivity index (χ3n) is 2.85. The second-order valence-electron chi connectivity index (χ2n) is 4.29. The maximum absolute atomic E-state index is 10.6. The molecule has 0 aromatic heterocycles. The summed E-state index contributed by atoms with van der Waals surface area (Å²) in [7, 11) is 3.63. The molecule has 0 aliphatic carbocycles. The first-order chi connectivity index (χ1) is 8.95. The van der Waals surface area contributed by atoms with Crippen molar-refractivity contribution < 1.29 is 14.6 Å². The van der Waals surface area contributed by atoms with Crippen molar-refractivity contribution >= 4 is 33.7 Å². The molecule has 0 aliphatic rings. The topological polar surface area (TPSA) is 49.8 Å². The number of ether oxygens (including phenoxy) is 1. The molecule has 1 rings (SSSR count). The van der Waals surface area contributed by atoms with Gasteiger partial charge in [0.25, 0.3) is 0 Å². The summed E-state index contributed by atoms with van der Waals surface area (Å²) in [6.45, 7) is 2.65. The standard InChI is InChI=1S/C14H18BrNO3/c1-10(9-19-3)16(2)13-8-12(15)6-4-11(13)5-7-14(17)18/h4-8,10H,9H2,1-3H3,(H,17,18)/b7-5+. The number of hydrogen-bond acceptors (Lipinski definition) is 3. The lowest BCUT2D eigenvalue weighted by Crippen LogP contribution is -2.33. The Kier molecular flexibility index (Phi) is 6.05. The summed E-state index contributed by atoms with van der Waals surface area (Å²) in [6.07, 6.45) is 2.74. The van der Waals surface area contributed by atoms with E-state index in [2.05, 4.69) is 27.8 Å². The van der Waals surface area contributed by atoms with Crippen LogP contribution in [-0.4, -0.2) is 37.9 Å². The van der Waals surface area contributed by atoms with Crippen molar-refractivity contribution in [2.24, 2.45) is 0 Å². The van der Waals surface area contributed by atoms with Crippen LogP contribution in [0.15, 0.2) is 28.7 Å². The van der Waals surface area contributed by atoms with Crippen molar-refractivity contribution in [2.75, 3.05) is 25.7 Å². The van der Waals surface area contributed by atoms with Crippen LogP contribution >= 0.6 is 15.9 Å². The number of nitrogens with zero attached hydrogens (tertiary/aromatic N) is 1. The molecule has 19 heavy (non-hydrogen) atoms. The Hall–Kier alpha value is -1.33.